The minimum atomic E-state index is -1.15. The van der Waals surface area contributed by atoms with E-state index in [9.17, 15) is 19.2 Å². The van der Waals surface area contributed by atoms with E-state index in [1.807, 2.05) is 32.9 Å². The molecule has 1 heterocycles. The highest BCUT2D eigenvalue weighted by Gasteiger charge is 2.33. The number of ketones is 1. The van der Waals surface area contributed by atoms with Gasteiger partial charge in [0.05, 0.1) is 5.56 Å². The fourth-order valence-electron chi connectivity index (χ4n) is 3.72. The van der Waals surface area contributed by atoms with Crippen LogP contribution in [0.3, 0.4) is 0 Å². The van der Waals surface area contributed by atoms with Gasteiger partial charge in [0.1, 0.15) is 6.04 Å². The first kappa shape index (κ1) is 25.5. The first-order valence-corrected chi connectivity index (χ1v) is 11.2. The van der Waals surface area contributed by atoms with Gasteiger partial charge in [0, 0.05) is 35.7 Å². The lowest BCUT2D eigenvalue weighted by molar-refractivity contribution is -0.137. The molecule has 3 amide bonds. The molecule has 35 heavy (non-hydrogen) atoms. The summed E-state index contributed by atoms with van der Waals surface area (Å²) in [7, 11) is 0. The van der Waals surface area contributed by atoms with Crippen molar-refractivity contribution in [2.24, 2.45) is 0 Å². The van der Waals surface area contributed by atoms with Crippen LogP contribution in [0.1, 0.15) is 49.2 Å². The topological polar surface area (TPSA) is 132 Å². The van der Waals surface area contributed by atoms with Gasteiger partial charge >= 0.3 is 6.09 Å². The van der Waals surface area contributed by atoms with Gasteiger partial charge in [-0.05, 0) is 44.9 Å². The molecule has 184 valence electrons. The predicted molar refractivity (Wildman–Crippen MR) is 132 cm³/mol. The molecule has 1 aromatic heterocycles. The third kappa shape index (κ3) is 6.47. The minimum Gasteiger partial charge on any atom is -0.465 e. The number of Topliss-reactive ketones (excluding diaryl/α,β-unsaturated/α-hetero) is 1. The molecule has 9 heteroatoms. The second-order valence-electron chi connectivity index (χ2n) is 9.40. The second-order valence-corrected chi connectivity index (χ2v) is 9.40. The number of rotatable bonds is 8. The van der Waals surface area contributed by atoms with Crippen LogP contribution in [0, 0.1) is 0 Å². The smallest absolute Gasteiger partial charge is 0.404 e. The maximum absolute atomic E-state index is 13.5. The number of aromatic amines is 1. The highest BCUT2D eigenvalue weighted by Crippen LogP contribution is 2.21. The van der Waals surface area contributed by atoms with E-state index < -0.39 is 29.4 Å². The van der Waals surface area contributed by atoms with Crippen LogP contribution < -0.4 is 10.6 Å². The SMILES string of the molecule is CC(C(=O)NC(C)(C)C)N(Cc1cccc(CNC(=O)O)c1)C(=O)C(=O)c1c[nH]c2ccccc12. The maximum atomic E-state index is 13.5. The van der Waals surface area contributed by atoms with Gasteiger partial charge in [-0.25, -0.2) is 4.79 Å². The number of carboxylic acid groups (broad SMARTS) is 1. The number of H-pyrrole nitrogens is 1. The van der Waals surface area contributed by atoms with Crippen LogP contribution in [0.25, 0.3) is 10.9 Å². The average Bonchev–Trinajstić information content (AvgIpc) is 3.23. The minimum absolute atomic E-state index is 0.00737. The van der Waals surface area contributed by atoms with Crippen LogP contribution in [0.15, 0.2) is 54.7 Å². The molecule has 0 saturated heterocycles. The first-order valence-electron chi connectivity index (χ1n) is 11.2. The number of amides is 3. The maximum Gasteiger partial charge on any atom is 0.404 e. The largest absolute Gasteiger partial charge is 0.465 e. The molecule has 1 atom stereocenters. The molecule has 3 aromatic rings. The van der Waals surface area contributed by atoms with E-state index in [0.29, 0.717) is 16.5 Å². The van der Waals surface area contributed by atoms with Gasteiger partial charge in [-0.15, -0.1) is 0 Å². The number of benzene rings is 2. The summed E-state index contributed by atoms with van der Waals surface area (Å²) in [5, 5.41) is 14.7. The number of nitrogens with one attached hydrogen (secondary N) is 3. The van der Waals surface area contributed by atoms with Gasteiger partial charge in [0.25, 0.3) is 11.7 Å². The molecule has 0 aliphatic heterocycles. The Bertz CT molecular complexity index is 1260. The molecule has 0 fully saturated rings. The van der Waals surface area contributed by atoms with Crippen molar-refractivity contribution in [3.8, 4) is 0 Å². The quantitative estimate of drug-likeness (QED) is 0.291. The molecular formula is C26H30N4O5. The van der Waals surface area contributed by atoms with Gasteiger partial charge in [-0.3, -0.25) is 14.4 Å². The molecule has 0 saturated carbocycles. The number of carbonyl (C=O) groups is 4. The Hall–Kier alpha value is -4.14. The van der Waals surface area contributed by atoms with Gasteiger partial charge in [0.15, 0.2) is 0 Å². The summed E-state index contributed by atoms with van der Waals surface area (Å²) in [5.41, 5.74) is 1.78. The first-order chi connectivity index (χ1) is 16.5. The van der Waals surface area contributed by atoms with E-state index >= 15 is 0 Å². The van der Waals surface area contributed by atoms with E-state index in [1.165, 1.54) is 11.1 Å². The van der Waals surface area contributed by atoms with Crippen LogP contribution in [0.4, 0.5) is 4.79 Å². The Morgan fingerprint density at radius 1 is 1.03 bits per heavy atom. The van der Waals surface area contributed by atoms with Crippen molar-refractivity contribution in [2.75, 3.05) is 0 Å². The zero-order valence-corrected chi connectivity index (χ0v) is 20.2. The normalized spacial score (nSPS) is 12.1. The van der Waals surface area contributed by atoms with Crippen LogP contribution in [-0.2, 0) is 22.7 Å². The van der Waals surface area contributed by atoms with Crippen molar-refractivity contribution in [3.63, 3.8) is 0 Å². The number of nitrogens with zero attached hydrogens (tertiary/aromatic N) is 1. The molecule has 1 unspecified atom stereocenters. The number of fused-ring (bicyclic) bond motifs is 1. The van der Waals surface area contributed by atoms with E-state index in [4.69, 9.17) is 5.11 Å². The van der Waals surface area contributed by atoms with E-state index in [-0.39, 0.29) is 24.6 Å². The molecule has 0 aliphatic rings. The fourth-order valence-corrected chi connectivity index (χ4v) is 3.72. The predicted octanol–water partition coefficient (Wildman–Crippen LogP) is 3.45. The Balaban J connectivity index is 1.92. The molecule has 0 radical (unpaired) electrons. The van der Waals surface area contributed by atoms with E-state index in [0.717, 1.165) is 5.52 Å². The van der Waals surface area contributed by atoms with Crippen molar-refractivity contribution in [2.45, 2.75) is 52.4 Å². The van der Waals surface area contributed by atoms with Crippen molar-refractivity contribution in [1.82, 2.24) is 20.5 Å². The molecule has 4 N–H and O–H groups in total. The van der Waals surface area contributed by atoms with Crippen LogP contribution in [0.5, 0.6) is 0 Å². The van der Waals surface area contributed by atoms with E-state index in [2.05, 4.69) is 15.6 Å². The Kier molecular flexibility index (Phi) is 7.58. The zero-order valence-electron chi connectivity index (χ0n) is 20.2. The number of carbonyl (C=O) groups excluding carboxylic acids is 3. The van der Waals surface area contributed by atoms with Gasteiger partial charge in [-0.1, -0.05) is 42.5 Å². The number of hydrogen-bond acceptors (Lipinski definition) is 4. The monoisotopic (exact) mass is 478 g/mol. The Morgan fingerprint density at radius 2 is 1.71 bits per heavy atom. The van der Waals surface area contributed by atoms with Crippen LogP contribution in [0.2, 0.25) is 0 Å². The average molecular weight is 479 g/mol. The molecule has 0 bridgehead atoms. The Morgan fingerprint density at radius 3 is 2.40 bits per heavy atom. The number of hydrogen-bond donors (Lipinski definition) is 4. The third-order valence-electron chi connectivity index (χ3n) is 5.42. The molecular weight excluding hydrogens is 448 g/mol. The van der Waals surface area contributed by atoms with Crippen LogP contribution >= 0.6 is 0 Å². The molecule has 0 aliphatic carbocycles. The standard InChI is InChI=1S/C26H30N4O5/c1-16(23(32)29-26(2,3)4)30(15-18-9-7-8-17(12-18)13-28-25(34)35)24(33)22(31)20-14-27-21-11-6-5-10-19(20)21/h5-12,14,16,27-28H,13,15H2,1-4H3,(H,29,32)(H,34,35). The molecule has 2 aromatic carbocycles. The highest BCUT2D eigenvalue weighted by molar-refractivity contribution is 6.45. The summed E-state index contributed by atoms with van der Waals surface area (Å²) in [6.07, 6.45) is 0.352. The summed E-state index contributed by atoms with van der Waals surface area (Å²) >= 11 is 0. The summed E-state index contributed by atoms with van der Waals surface area (Å²) in [6, 6.07) is 13.2. The second kappa shape index (κ2) is 10.4. The summed E-state index contributed by atoms with van der Waals surface area (Å²) in [6.45, 7) is 7.16. The number of aromatic nitrogens is 1. The Labute approximate surface area is 203 Å². The zero-order chi connectivity index (χ0) is 25.8. The van der Waals surface area contributed by atoms with Crippen molar-refractivity contribution >= 4 is 34.6 Å². The van der Waals surface area contributed by atoms with E-state index in [1.54, 1.807) is 43.3 Å². The van der Waals surface area contributed by atoms with Gasteiger partial charge in [0.2, 0.25) is 5.91 Å². The van der Waals surface area contributed by atoms with Crippen molar-refractivity contribution in [3.05, 3.63) is 71.4 Å². The highest BCUT2D eigenvalue weighted by atomic mass is 16.4. The fraction of sp³-hybridized carbons (Fsp3) is 0.308. The van der Waals surface area contributed by atoms with Gasteiger partial charge in [-0.2, -0.15) is 0 Å². The third-order valence-corrected chi connectivity index (χ3v) is 5.42. The molecule has 3 rings (SSSR count). The summed E-state index contributed by atoms with van der Waals surface area (Å²) in [4.78, 5) is 54.8. The van der Waals surface area contributed by atoms with Gasteiger partial charge < -0.3 is 25.6 Å². The number of para-hydroxylation sites is 1. The molecule has 9 nitrogen and oxygen atoms in total. The molecule has 0 spiro atoms. The van der Waals surface area contributed by atoms with Crippen molar-refractivity contribution < 1.29 is 24.3 Å². The lowest BCUT2D eigenvalue weighted by Crippen LogP contribution is -2.53. The lowest BCUT2D eigenvalue weighted by atomic mass is 10.0. The van der Waals surface area contributed by atoms with Crippen LogP contribution in [-0.4, -0.2) is 50.3 Å². The van der Waals surface area contributed by atoms with Crippen molar-refractivity contribution in [1.29, 1.82) is 0 Å². The summed E-state index contributed by atoms with van der Waals surface area (Å²) in [5.74, 6) is -1.91. The lowest BCUT2D eigenvalue weighted by Gasteiger charge is -2.31. The summed E-state index contributed by atoms with van der Waals surface area (Å²) < 4.78 is 0.